The van der Waals surface area contributed by atoms with Gasteiger partial charge < -0.3 is 10.6 Å². The molecule has 0 aliphatic carbocycles. The quantitative estimate of drug-likeness (QED) is 0.330. The van der Waals surface area contributed by atoms with Crippen molar-refractivity contribution in [3.8, 4) is 0 Å². The number of fused-ring (bicyclic) bond motifs is 2. The number of hydrogen-bond acceptors (Lipinski definition) is 6. The summed E-state index contributed by atoms with van der Waals surface area (Å²) in [4.78, 5) is 29.3. The lowest BCUT2D eigenvalue weighted by Gasteiger charge is -2.29. The Morgan fingerprint density at radius 2 is 2.28 bits per heavy atom. The monoisotopic (exact) mass is 372 g/mol. The van der Waals surface area contributed by atoms with Crippen LogP contribution in [0, 0.1) is 0 Å². The molecule has 3 heterocycles. The number of hydroxylamine groups is 2. The number of aromatic nitrogens is 2. The molecule has 3 amide bonds. The number of aromatic amines is 1. The summed E-state index contributed by atoms with van der Waals surface area (Å²) < 4.78 is 34.8. The molecular weight excluding hydrogens is 356 g/mol. The second-order valence-electron chi connectivity index (χ2n) is 5.70. The van der Waals surface area contributed by atoms with E-state index < -0.39 is 34.4 Å². The van der Waals surface area contributed by atoms with Crippen molar-refractivity contribution in [3.63, 3.8) is 0 Å². The molecule has 4 N–H and O–H groups in total. The smallest absolute Gasteiger partial charge is 0.385 e. The van der Waals surface area contributed by atoms with E-state index in [0.29, 0.717) is 23.6 Å². The van der Waals surface area contributed by atoms with Crippen LogP contribution in [0.3, 0.4) is 0 Å². The first kappa shape index (κ1) is 17.3. The minimum atomic E-state index is -4.81. The molecule has 0 saturated carbocycles. The Morgan fingerprint density at radius 1 is 1.52 bits per heavy atom. The maximum absolute atomic E-state index is 12.3. The number of amidine groups is 1. The molecule has 1 aromatic rings. The lowest BCUT2D eigenvalue weighted by atomic mass is 10.0. The summed E-state index contributed by atoms with van der Waals surface area (Å²) in [7, 11) is -4.81. The first-order valence-electron chi connectivity index (χ1n) is 7.36. The number of carbonyl (C=O) groups is 2. The molecule has 0 spiro atoms. The molecule has 2 bridgehead atoms. The number of rotatable bonds is 5. The first-order valence-corrected chi connectivity index (χ1v) is 8.73. The molecule has 3 rings (SSSR count). The maximum atomic E-state index is 12.3. The molecule has 2 atom stereocenters. The highest BCUT2D eigenvalue weighted by atomic mass is 32.3. The van der Waals surface area contributed by atoms with Gasteiger partial charge >= 0.3 is 16.4 Å². The van der Waals surface area contributed by atoms with Gasteiger partial charge in [-0.2, -0.15) is 23.6 Å². The van der Waals surface area contributed by atoms with Gasteiger partial charge in [-0.25, -0.2) is 4.79 Å². The lowest BCUT2D eigenvalue weighted by molar-refractivity contribution is -0.117. The Hall–Kier alpha value is -2.51. The van der Waals surface area contributed by atoms with Crippen molar-refractivity contribution < 1.29 is 26.8 Å². The summed E-state index contributed by atoms with van der Waals surface area (Å²) in [5, 5.41) is 6.96. The Labute approximate surface area is 142 Å². The van der Waals surface area contributed by atoms with E-state index in [0.717, 1.165) is 0 Å². The zero-order valence-electron chi connectivity index (χ0n) is 12.9. The summed E-state index contributed by atoms with van der Waals surface area (Å²) in [6.45, 7) is 0.157. The number of amides is 3. The van der Waals surface area contributed by atoms with E-state index in [2.05, 4.69) is 19.5 Å². The van der Waals surface area contributed by atoms with Crippen molar-refractivity contribution in [1.29, 1.82) is 0 Å². The Bertz CT molecular complexity index is 806. The molecule has 0 aromatic carbocycles. The molecular formula is C12H16N6O6S. The van der Waals surface area contributed by atoms with Crippen LogP contribution < -0.4 is 5.73 Å². The highest BCUT2D eigenvalue weighted by Crippen LogP contribution is 2.30. The van der Waals surface area contributed by atoms with Crippen molar-refractivity contribution in [3.05, 3.63) is 18.0 Å². The van der Waals surface area contributed by atoms with Crippen LogP contribution in [0.15, 0.2) is 17.3 Å². The van der Waals surface area contributed by atoms with Crippen LogP contribution in [0.4, 0.5) is 4.79 Å². The summed E-state index contributed by atoms with van der Waals surface area (Å²) in [6, 6.07) is -0.309. The normalized spacial score (nSPS) is 24.0. The van der Waals surface area contributed by atoms with Crippen molar-refractivity contribution in [2.75, 3.05) is 6.54 Å². The number of piperidine rings is 1. The topological polar surface area (TPSA) is 171 Å². The van der Waals surface area contributed by atoms with Gasteiger partial charge in [-0.3, -0.25) is 14.4 Å². The number of nitrogens with zero attached hydrogens (tertiary/aromatic N) is 4. The SMILES string of the molecule is NC(=NC(=O)Cc1ccn[nH]1)C1CCC2CN1C(=O)N2OS(=O)(=O)O. The molecule has 13 heteroatoms. The average Bonchev–Trinajstić information content (AvgIpc) is 3.09. The van der Waals surface area contributed by atoms with Gasteiger partial charge in [0.05, 0.1) is 18.5 Å². The molecule has 136 valence electrons. The predicted molar refractivity (Wildman–Crippen MR) is 82.3 cm³/mol. The second-order valence-corrected chi connectivity index (χ2v) is 6.70. The van der Waals surface area contributed by atoms with Gasteiger partial charge in [-0.1, -0.05) is 0 Å². The zero-order chi connectivity index (χ0) is 18.2. The standard InChI is InChI=1S/C12H16N6O6S/c13-11(15-10(19)5-7-3-4-14-16-7)9-2-1-8-6-17(9)12(20)18(8)24-25(21,22)23/h3-4,8-9H,1-2,5-6H2,(H,14,16)(H2,13,15,19)(H,21,22,23). The summed E-state index contributed by atoms with van der Waals surface area (Å²) in [5.41, 5.74) is 6.46. The molecule has 2 saturated heterocycles. The molecule has 25 heavy (non-hydrogen) atoms. The van der Waals surface area contributed by atoms with Gasteiger partial charge in [0.15, 0.2) is 0 Å². The number of H-pyrrole nitrogens is 1. The lowest BCUT2D eigenvalue weighted by Crippen LogP contribution is -2.48. The fourth-order valence-electron chi connectivity index (χ4n) is 2.94. The number of nitrogens with one attached hydrogen (secondary N) is 1. The number of carbonyl (C=O) groups excluding carboxylic acids is 2. The van der Waals surface area contributed by atoms with Crippen molar-refractivity contribution in [2.24, 2.45) is 10.7 Å². The van der Waals surface area contributed by atoms with Crippen LogP contribution >= 0.6 is 0 Å². The van der Waals surface area contributed by atoms with Crippen molar-refractivity contribution in [1.82, 2.24) is 20.2 Å². The third kappa shape index (κ3) is 3.78. The number of urea groups is 1. The van der Waals surface area contributed by atoms with Crippen LogP contribution in [-0.2, 0) is 25.9 Å². The fourth-order valence-corrected chi connectivity index (χ4v) is 3.33. The second kappa shape index (κ2) is 6.42. The third-order valence-electron chi connectivity index (χ3n) is 3.99. The average molecular weight is 372 g/mol. The van der Waals surface area contributed by atoms with Gasteiger partial charge in [0.1, 0.15) is 5.84 Å². The van der Waals surface area contributed by atoms with Gasteiger partial charge in [-0.15, -0.1) is 4.28 Å². The van der Waals surface area contributed by atoms with Gasteiger partial charge in [-0.05, 0) is 18.9 Å². The molecule has 2 aliphatic heterocycles. The van der Waals surface area contributed by atoms with Gasteiger partial charge in [0, 0.05) is 18.4 Å². The van der Waals surface area contributed by atoms with Crippen LogP contribution in [0.1, 0.15) is 18.5 Å². The van der Waals surface area contributed by atoms with E-state index in [1.807, 2.05) is 0 Å². The van der Waals surface area contributed by atoms with E-state index >= 15 is 0 Å². The summed E-state index contributed by atoms with van der Waals surface area (Å²) in [5.74, 6) is -0.536. The predicted octanol–water partition coefficient (Wildman–Crippen LogP) is -1.16. The fraction of sp³-hybridized carbons (Fsp3) is 0.500. The van der Waals surface area contributed by atoms with E-state index in [1.54, 1.807) is 6.07 Å². The van der Waals surface area contributed by atoms with Crippen molar-refractivity contribution in [2.45, 2.75) is 31.3 Å². The number of nitrogens with two attached hydrogens (primary N) is 1. The third-order valence-corrected chi connectivity index (χ3v) is 4.34. The number of aliphatic imine (C=N–C) groups is 1. The Balaban J connectivity index is 1.70. The highest BCUT2D eigenvalue weighted by molar-refractivity contribution is 7.80. The minimum absolute atomic E-state index is 0.0119. The van der Waals surface area contributed by atoms with Crippen LogP contribution in [0.25, 0.3) is 0 Å². The molecule has 12 nitrogen and oxygen atoms in total. The number of hydrogen-bond donors (Lipinski definition) is 3. The Kier molecular flexibility index (Phi) is 4.45. The van der Waals surface area contributed by atoms with Crippen LogP contribution in [-0.4, -0.2) is 69.5 Å². The summed E-state index contributed by atoms with van der Waals surface area (Å²) in [6.07, 6.45) is 2.26. The molecule has 2 unspecified atom stereocenters. The van der Waals surface area contributed by atoms with Crippen LogP contribution in [0.5, 0.6) is 0 Å². The van der Waals surface area contributed by atoms with Gasteiger partial charge in [0.25, 0.3) is 5.91 Å². The van der Waals surface area contributed by atoms with E-state index in [4.69, 9.17) is 10.3 Å². The summed E-state index contributed by atoms with van der Waals surface area (Å²) >= 11 is 0. The molecule has 2 fully saturated rings. The van der Waals surface area contributed by atoms with E-state index in [-0.39, 0.29) is 18.8 Å². The minimum Gasteiger partial charge on any atom is -0.385 e. The Morgan fingerprint density at radius 3 is 2.92 bits per heavy atom. The molecule has 2 aliphatic rings. The largest absolute Gasteiger partial charge is 0.418 e. The molecule has 1 aromatic heterocycles. The van der Waals surface area contributed by atoms with Gasteiger partial charge in [0.2, 0.25) is 0 Å². The highest BCUT2D eigenvalue weighted by Gasteiger charge is 2.48. The maximum Gasteiger partial charge on any atom is 0.418 e. The molecule has 0 radical (unpaired) electrons. The van der Waals surface area contributed by atoms with Crippen molar-refractivity contribution >= 4 is 28.2 Å². The first-order chi connectivity index (χ1) is 11.7. The zero-order valence-corrected chi connectivity index (χ0v) is 13.7. The van der Waals surface area contributed by atoms with Crippen LogP contribution in [0.2, 0.25) is 0 Å². The van der Waals surface area contributed by atoms with E-state index in [9.17, 15) is 18.0 Å². The van der Waals surface area contributed by atoms with E-state index in [1.165, 1.54) is 11.1 Å².